The molecule has 0 spiro atoms. The van der Waals surface area contributed by atoms with Gasteiger partial charge in [-0.05, 0) is 44.2 Å². The molecule has 0 aliphatic rings. The molecule has 2 aromatic carbocycles. The third kappa shape index (κ3) is 4.39. The lowest BCUT2D eigenvalue weighted by atomic mass is 10.2. The monoisotopic (exact) mass is 385 g/mol. The molecule has 2 N–H and O–H groups in total. The van der Waals surface area contributed by atoms with Crippen molar-refractivity contribution < 1.29 is 13.2 Å². The van der Waals surface area contributed by atoms with Crippen molar-refractivity contribution in [2.24, 2.45) is 0 Å². The molecule has 0 aliphatic heterocycles. The summed E-state index contributed by atoms with van der Waals surface area (Å²) in [6, 6.07) is 12.8. The Hall–Kier alpha value is -3.04. The van der Waals surface area contributed by atoms with Gasteiger partial charge >= 0.3 is 0 Å². The van der Waals surface area contributed by atoms with Crippen molar-refractivity contribution in [3.05, 3.63) is 66.7 Å². The lowest BCUT2D eigenvalue weighted by Crippen LogP contribution is -2.30. The molecule has 1 aromatic heterocycles. The summed E-state index contributed by atoms with van der Waals surface area (Å²) in [6.07, 6.45) is 2.92. The molecule has 0 atom stereocenters. The average Bonchev–Trinajstić information content (AvgIpc) is 3.16. The Morgan fingerprint density at radius 1 is 1.11 bits per heavy atom. The highest BCUT2D eigenvalue weighted by Gasteiger charge is 2.18. The lowest BCUT2D eigenvalue weighted by Gasteiger charge is -2.12. The van der Waals surface area contributed by atoms with E-state index in [2.05, 4.69) is 20.1 Å². The second kappa shape index (κ2) is 7.68. The van der Waals surface area contributed by atoms with Gasteiger partial charge in [-0.1, -0.05) is 18.2 Å². The van der Waals surface area contributed by atoms with Crippen LogP contribution >= 0.6 is 0 Å². The summed E-state index contributed by atoms with van der Waals surface area (Å²) in [5.74, 6) is -0.427. The van der Waals surface area contributed by atoms with Crippen LogP contribution in [0.5, 0.6) is 0 Å². The first-order valence-corrected chi connectivity index (χ1v) is 9.73. The van der Waals surface area contributed by atoms with Crippen molar-refractivity contribution >= 4 is 21.6 Å². The van der Waals surface area contributed by atoms with E-state index < -0.39 is 15.9 Å². The highest BCUT2D eigenvalue weighted by molar-refractivity contribution is 7.89. The van der Waals surface area contributed by atoms with Crippen LogP contribution in [0.3, 0.4) is 0 Å². The first kappa shape index (κ1) is 18.7. The molecule has 0 fully saturated rings. The fraction of sp³-hybridized carbons (Fsp3) is 0.167. The molecule has 27 heavy (non-hydrogen) atoms. The van der Waals surface area contributed by atoms with Crippen molar-refractivity contribution in [2.45, 2.75) is 24.8 Å². The van der Waals surface area contributed by atoms with Gasteiger partial charge in [-0.3, -0.25) is 4.79 Å². The number of hydrogen-bond acceptors (Lipinski definition) is 5. The number of para-hydroxylation sites is 2. The fourth-order valence-corrected chi connectivity index (χ4v) is 3.79. The maximum absolute atomic E-state index is 12.7. The van der Waals surface area contributed by atoms with E-state index in [9.17, 15) is 13.2 Å². The van der Waals surface area contributed by atoms with Gasteiger partial charge in [0.25, 0.3) is 5.91 Å². The molecule has 9 heteroatoms. The maximum Gasteiger partial charge on any atom is 0.255 e. The number of nitrogens with one attached hydrogen (secondary N) is 2. The number of benzene rings is 2. The standard InChI is InChI=1S/C18H19N5O3S/c1-13(2)22-27(25,26)15-7-5-6-14(10-15)18(24)21-16-8-3-4-9-17(16)23-12-19-11-20-23/h3-13,22H,1-2H3,(H,21,24). The number of sulfonamides is 1. The Labute approximate surface area is 157 Å². The summed E-state index contributed by atoms with van der Waals surface area (Å²) in [4.78, 5) is 16.6. The summed E-state index contributed by atoms with van der Waals surface area (Å²) in [7, 11) is -3.68. The van der Waals surface area contributed by atoms with Gasteiger partial charge in [0, 0.05) is 11.6 Å². The number of aromatic nitrogens is 3. The van der Waals surface area contributed by atoms with Crippen molar-refractivity contribution in [3.63, 3.8) is 0 Å². The Balaban J connectivity index is 1.88. The van der Waals surface area contributed by atoms with Gasteiger partial charge in [0.2, 0.25) is 10.0 Å². The number of carbonyl (C=O) groups is 1. The zero-order valence-electron chi connectivity index (χ0n) is 14.8. The number of rotatable bonds is 6. The van der Waals surface area contributed by atoms with Crippen LogP contribution in [0.4, 0.5) is 5.69 Å². The number of amides is 1. The molecule has 0 unspecified atom stereocenters. The fourth-order valence-electron chi connectivity index (χ4n) is 2.49. The summed E-state index contributed by atoms with van der Waals surface area (Å²) in [5.41, 5.74) is 1.41. The molecule has 0 aliphatic carbocycles. The van der Waals surface area contributed by atoms with E-state index >= 15 is 0 Å². The van der Waals surface area contributed by atoms with Crippen LogP contribution in [0.25, 0.3) is 5.69 Å². The Morgan fingerprint density at radius 2 is 1.89 bits per heavy atom. The first-order chi connectivity index (χ1) is 12.9. The Kier molecular flexibility index (Phi) is 5.33. The van der Waals surface area contributed by atoms with Gasteiger partial charge in [0.15, 0.2) is 0 Å². The molecule has 1 heterocycles. The molecule has 1 amide bonds. The van der Waals surface area contributed by atoms with Crippen molar-refractivity contribution in [3.8, 4) is 5.69 Å². The first-order valence-electron chi connectivity index (χ1n) is 8.24. The van der Waals surface area contributed by atoms with Gasteiger partial charge in [0.1, 0.15) is 12.7 Å². The van der Waals surface area contributed by atoms with E-state index in [1.165, 1.54) is 35.5 Å². The molecule has 3 rings (SSSR count). The van der Waals surface area contributed by atoms with E-state index in [1.807, 2.05) is 6.07 Å². The molecule has 0 saturated heterocycles. The molecule has 0 bridgehead atoms. The van der Waals surface area contributed by atoms with Crippen molar-refractivity contribution in [2.75, 3.05) is 5.32 Å². The van der Waals surface area contributed by atoms with E-state index in [4.69, 9.17) is 0 Å². The summed E-state index contributed by atoms with van der Waals surface area (Å²) < 4.78 is 28.7. The Bertz CT molecular complexity index is 1050. The normalized spacial score (nSPS) is 11.5. The number of carbonyl (C=O) groups excluding carboxylic acids is 1. The smallest absolute Gasteiger partial charge is 0.255 e. The number of anilines is 1. The van der Waals surface area contributed by atoms with Crippen LogP contribution < -0.4 is 10.0 Å². The third-order valence-corrected chi connectivity index (χ3v) is 5.27. The van der Waals surface area contributed by atoms with E-state index in [0.717, 1.165) is 0 Å². The van der Waals surface area contributed by atoms with Crippen molar-refractivity contribution in [1.82, 2.24) is 19.5 Å². The summed E-state index contributed by atoms with van der Waals surface area (Å²) in [6.45, 7) is 3.46. The minimum atomic E-state index is -3.68. The van der Waals surface area contributed by atoms with Gasteiger partial charge in [-0.15, -0.1) is 0 Å². The molecular weight excluding hydrogens is 366 g/mol. The van der Waals surface area contributed by atoms with Gasteiger partial charge in [-0.25, -0.2) is 22.8 Å². The zero-order valence-corrected chi connectivity index (χ0v) is 15.6. The van der Waals surface area contributed by atoms with Crippen LogP contribution in [-0.4, -0.2) is 35.1 Å². The highest BCUT2D eigenvalue weighted by atomic mass is 32.2. The third-order valence-electron chi connectivity index (χ3n) is 3.62. The second-order valence-corrected chi connectivity index (χ2v) is 7.83. The van der Waals surface area contributed by atoms with Gasteiger partial charge < -0.3 is 5.32 Å². The van der Waals surface area contributed by atoms with Crippen LogP contribution in [0.15, 0.2) is 66.1 Å². The summed E-state index contributed by atoms with van der Waals surface area (Å²) >= 11 is 0. The Morgan fingerprint density at radius 3 is 2.59 bits per heavy atom. The highest BCUT2D eigenvalue weighted by Crippen LogP contribution is 2.20. The lowest BCUT2D eigenvalue weighted by molar-refractivity contribution is 0.102. The largest absolute Gasteiger partial charge is 0.320 e. The minimum Gasteiger partial charge on any atom is -0.320 e. The SMILES string of the molecule is CC(C)NS(=O)(=O)c1cccc(C(=O)Nc2ccccc2-n2cncn2)c1. The van der Waals surface area contributed by atoms with Gasteiger partial charge in [0.05, 0.1) is 16.3 Å². The van der Waals surface area contributed by atoms with Crippen LogP contribution in [0.1, 0.15) is 24.2 Å². The quantitative estimate of drug-likeness (QED) is 0.677. The van der Waals surface area contributed by atoms with E-state index in [0.29, 0.717) is 11.4 Å². The summed E-state index contributed by atoms with van der Waals surface area (Å²) in [5, 5.41) is 6.86. The number of hydrogen-bond donors (Lipinski definition) is 2. The molecule has 0 saturated carbocycles. The topological polar surface area (TPSA) is 106 Å². The molecular formula is C18H19N5O3S. The van der Waals surface area contributed by atoms with Crippen LogP contribution in [0.2, 0.25) is 0 Å². The van der Waals surface area contributed by atoms with E-state index in [-0.39, 0.29) is 16.5 Å². The number of nitrogens with zero attached hydrogens (tertiary/aromatic N) is 3. The van der Waals surface area contributed by atoms with Gasteiger partial charge in [-0.2, -0.15) is 5.10 Å². The predicted octanol–water partition coefficient (Wildman–Crippen LogP) is 2.21. The minimum absolute atomic E-state index is 0.0356. The molecule has 8 nitrogen and oxygen atoms in total. The zero-order chi connectivity index (χ0) is 19.4. The predicted molar refractivity (Wildman–Crippen MR) is 101 cm³/mol. The van der Waals surface area contributed by atoms with Crippen LogP contribution in [0, 0.1) is 0 Å². The molecule has 140 valence electrons. The maximum atomic E-state index is 12.7. The van der Waals surface area contributed by atoms with Crippen molar-refractivity contribution in [1.29, 1.82) is 0 Å². The average molecular weight is 385 g/mol. The van der Waals surface area contributed by atoms with E-state index in [1.54, 1.807) is 38.1 Å². The van der Waals surface area contributed by atoms with Crippen LogP contribution in [-0.2, 0) is 10.0 Å². The second-order valence-electron chi connectivity index (χ2n) is 6.12. The molecule has 3 aromatic rings. The molecule has 0 radical (unpaired) electrons.